The van der Waals surface area contributed by atoms with Crippen molar-refractivity contribution >= 4 is 21.8 Å². The first kappa shape index (κ1) is 13.7. The highest BCUT2D eigenvalue weighted by atomic mass is 32.2. The molecular weight excluding hydrogens is 270 g/mol. The van der Waals surface area contributed by atoms with Crippen molar-refractivity contribution in [2.75, 3.05) is 6.61 Å². The molecule has 0 radical (unpaired) electrons. The summed E-state index contributed by atoms with van der Waals surface area (Å²) in [6.45, 7) is 1.62. The number of hydrogen-bond donors (Lipinski definition) is 1. The van der Waals surface area contributed by atoms with Gasteiger partial charge in [0.1, 0.15) is 6.04 Å². The summed E-state index contributed by atoms with van der Waals surface area (Å²) in [7, 11) is -3.78. The molecule has 0 aliphatic carbocycles. The molecule has 1 atom stereocenters. The van der Waals surface area contributed by atoms with Crippen LogP contribution in [-0.4, -0.2) is 32.8 Å². The first-order chi connectivity index (χ1) is 8.90. The quantitative estimate of drug-likeness (QED) is 0.641. The van der Waals surface area contributed by atoms with E-state index in [4.69, 9.17) is 0 Å². The fraction of sp³-hybridized carbons (Fsp3) is 0.333. The van der Waals surface area contributed by atoms with E-state index in [9.17, 15) is 18.0 Å². The monoisotopic (exact) mass is 283 g/mol. The number of nitrogens with one attached hydrogen (secondary N) is 1. The van der Waals surface area contributed by atoms with Gasteiger partial charge in [-0.15, -0.1) is 0 Å². The van der Waals surface area contributed by atoms with Crippen LogP contribution >= 0.6 is 0 Å². The Morgan fingerprint density at radius 1 is 1.32 bits per heavy atom. The third-order valence-corrected chi connectivity index (χ3v) is 4.29. The number of sulfonamides is 1. The summed E-state index contributed by atoms with van der Waals surface area (Å²) in [6.07, 6.45) is 0.323. The maximum absolute atomic E-state index is 12.0. The highest BCUT2D eigenvalue weighted by Crippen LogP contribution is 2.14. The summed E-state index contributed by atoms with van der Waals surface area (Å²) in [5.41, 5.74) is 0.430. The molecule has 1 N–H and O–H groups in total. The second kappa shape index (κ2) is 5.10. The van der Waals surface area contributed by atoms with Crippen molar-refractivity contribution in [1.82, 2.24) is 4.72 Å². The molecule has 19 heavy (non-hydrogen) atoms. The summed E-state index contributed by atoms with van der Waals surface area (Å²) in [4.78, 5) is 22.3. The Kier molecular flexibility index (Phi) is 3.68. The van der Waals surface area contributed by atoms with Crippen molar-refractivity contribution in [3.63, 3.8) is 0 Å². The van der Waals surface area contributed by atoms with Crippen LogP contribution in [0.1, 0.15) is 23.7 Å². The lowest BCUT2D eigenvalue weighted by molar-refractivity contribution is -0.139. The number of hydrogen-bond acceptors (Lipinski definition) is 5. The molecule has 0 saturated carbocycles. The number of rotatable bonds is 4. The van der Waals surface area contributed by atoms with Gasteiger partial charge in [-0.25, -0.2) is 8.42 Å². The van der Waals surface area contributed by atoms with Crippen LogP contribution < -0.4 is 4.72 Å². The molecule has 1 aromatic rings. The first-order valence-electron chi connectivity index (χ1n) is 5.70. The molecule has 0 aromatic heterocycles. The minimum Gasteiger partial charge on any atom is -0.464 e. The van der Waals surface area contributed by atoms with Crippen LogP contribution in [0.3, 0.4) is 0 Å². The zero-order valence-corrected chi connectivity index (χ0v) is 11.1. The Balaban J connectivity index is 2.19. The molecule has 1 heterocycles. The van der Waals surface area contributed by atoms with Gasteiger partial charge in [-0.05, 0) is 19.1 Å². The standard InChI is InChI=1S/C12H13NO5S/c1-8(14)9-2-4-10(5-3-9)19(16,17)13-11-6-7-18-12(11)15/h2-5,11,13H,6-7H2,1H3. The summed E-state index contributed by atoms with van der Waals surface area (Å²) < 4.78 is 31.0. The Hall–Kier alpha value is -1.73. The van der Waals surface area contributed by atoms with Crippen LogP contribution in [0, 0.1) is 0 Å². The van der Waals surface area contributed by atoms with Gasteiger partial charge in [0.25, 0.3) is 0 Å². The van der Waals surface area contributed by atoms with E-state index in [0.717, 1.165) is 0 Å². The highest BCUT2D eigenvalue weighted by molar-refractivity contribution is 7.89. The molecule has 1 aliphatic rings. The fourth-order valence-corrected chi connectivity index (χ4v) is 2.95. The van der Waals surface area contributed by atoms with Crippen molar-refractivity contribution < 1.29 is 22.7 Å². The third-order valence-electron chi connectivity index (χ3n) is 2.80. The Labute approximate surface area is 110 Å². The molecule has 1 aliphatic heterocycles. The molecule has 2 rings (SSSR count). The Bertz CT molecular complexity index is 606. The summed E-state index contributed by atoms with van der Waals surface area (Å²) >= 11 is 0. The van der Waals surface area contributed by atoms with Crippen molar-refractivity contribution in [3.05, 3.63) is 29.8 Å². The van der Waals surface area contributed by atoms with Crippen LogP contribution in [0.5, 0.6) is 0 Å². The van der Waals surface area contributed by atoms with Gasteiger partial charge in [0.05, 0.1) is 11.5 Å². The number of Topliss-reactive ketones (excluding diaryl/α,β-unsaturated/α-hetero) is 1. The smallest absolute Gasteiger partial charge is 0.324 e. The van der Waals surface area contributed by atoms with E-state index in [1.54, 1.807) is 0 Å². The average molecular weight is 283 g/mol. The summed E-state index contributed by atoms with van der Waals surface area (Å²) in [5, 5.41) is 0. The fourth-order valence-electron chi connectivity index (χ4n) is 1.73. The number of carbonyl (C=O) groups excluding carboxylic acids is 2. The van der Waals surface area contributed by atoms with Gasteiger partial charge in [0, 0.05) is 12.0 Å². The van der Waals surface area contributed by atoms with E-state index in [2.05, 4.69) is 9.46 Å². The van der Waals surface area contributed by atoms with Crippen LogP contribution in [-0.2, 0) is 19.6 Å². The van der Waals surface area contributed by atoms with Crippen molar-refractivity contribution in [2.45, 2.75) is 24.3 Å². The van der Waals surface area contributed by atoms with Crippen LogP contribution in [0.25, 0.3) is 0 Å². The van der Waals surface area contributed by atoms with Gasteiger partial charge >= 0.3 is 5.97 Å². The third kappa shape index (κ3) is 2.99. The highest BCUT2D eigenvalue weighted by Gasteiger charge is 2.31. The minimum atomic E-state index is -3.78. The van der Waals surface area contributed by atoms with E-state index >= 15 is 0 Å². The summed E-state index contributed by atoms with van der Waals surface area (Å²) in [5.74, 6) is -0.708. The second-order valence-electron chi connectivity index (χ2n) is 4.21. The predicted molar refractivity (Wildman–Crippen MR) is 66.1 cm³/mol. The molecule has 6 nitrogen and oxygen atoms in total. The van der Waals surface area contributed by atoms with Gasteiger partial charge in [-0.1, -0.05) is 12.1 Å². The molecule has 0 bridgehead atoms. The van der Waals surface area contributed by atoms with Crippen molar-refractivity contribution in [2.24, 2.45) is 0 Å². The average Bonchev–Trinajstić information content (AvgIpc) is 2.74. The number of benzene rings is 1. The van der Waals surface area contributed by atoms with Gasteiger partial charge in [0.15, 0.2) is 5.78 Å². The second-order valence-corrected chi connectivity index (χ2v) is 5.92. The van der Waals surface area contributed by atoms with Crippen molar-refractivity contribution in [1.29, 1.82) is 0 Å². The van der Waals surface area contributed by atoms with Crippen LogP contribution in [0.2, 0.25) is 0 Å². The predicted octanol–water partition coefficient (Wildman–Crippen LogP) is 0.483. The van der Waals surface area contributed by atoms with Gasteiger partial charge < -0.3 is 4.74 Å². The summed E-state index contributed by atoms with van der Waals surface area (Å²) in [6, 6.07) is 4.70. The van der Waals surface area contributed by atoms with Crippen molar-refractivity contribution in [3.8, 4) is 0 Å². The SMILES string of the molecule is CC(=O)c1ccc(S(=O)(=O)NC2CCOC2=O)cc1. The van der Waals surface area contributed by atoms with Crippen LogP contribution in [0.15, 0.2) is 29.2 Å². The number of ketones is 1. The van der Waals surface area contributed by atoms with E-state index in [1.807, 2.05) is 0 Å². The zero-order valence-electron chi connectivity index (χ0n) is 10.3. The molecule has 1 unspecified atom stereocenters. The van der Waals surface area contributed by atoms with Gasteiger partial charge in [-0.2, -0.15) is 4.72 Å². The molecule has 1 saturated heterocycles. The van der Waals surface area contributed by atoms with E-state index in [0.29, 0.717) is 12.0 Å². The van der Waals surface area contributed by atoms with Gasteiger partial charge in [0.2, 0.25) is 10.0 Å². The normalized spacial score (nSPS) is 19.2. The van der Waals surface area contributed by atoms with E-state index in [1.165, 1.54) is 31.2 Å². The minimum absolute atomic E-state index is 0.0113. The largest absolute Gasteiger partial charge is 0.464 e. The maximum Gasteiger partial charge on any atom is 0.324 e. The molecule has 1 aromatic carbocycles. The van der Waals surface area contributed by atoms with Crippen LogP contribution in [0.4, 0.5) is 0 Å². The molecule has 102 valence electrons. The Morgan fingerprint density at radius 3 is 2.42 bits per heavy atom. The van der Waals surface area contributed by atoms with Gasteiger partial charge in [-0.3, -0.25) is 9.59 Å². The number of esters is 1. The number of cyclic esters (lactones) is 1. The lowest BCUT2D eigenvalue weighted by atomic mass is 10.2. The van der Waals surface area contributed by atoms with E-state index < -0.39 is 22.0 Å². The molecular formula is C12H13NO5S. The first-order valence-corrected chi connectivity index (χ1v) is 7.18. The lowest BCUT2D eigenvalue weighted by Gasteiger charge is -2.10. The lowest BCUT2D eigenvalue weighted by Crippen LogP contribution is -2.37. The number of ether oxygens (including phenoxy) is 1. The van der Waals surface area contributed by atoms with E-state index in [-0.39, 0.29) is 17.3 Å². The Morgan fingerprint density at radius 2 is 1.95 bits per heavy atom. The number of carbonyl (C=O) groups is 2. The molecule has 0 amide bonds. The topological polar surface area (TPSA) is 89.5 Å². The molecule has 1 fully saturated rings. The molecule has 0 spiro atoms. The molecule has 7 heteroatoms. The zero-order chi connectivity index (χ0) is 14.0. The maximum atomic E-state index is 12.0.